The molecule has 2 amide bonds. The van der Waals surface area contributed by atoms with E-state index in [0.29, 0.717) is 46.3 Å². The van der Waals surface area contributed by atoms with Gasteiger partial charge in [0.15, 0.2) is 11.5 Å². The summed E-state index contributed by atoms with van der Waals surface area (Å²) in [5.74, 6) is 1.74. The van der Waals surface area contributed by atoms with E-state index in [2.05, 4.69) is 0 Å². The smallest absolute Gasteiger partial charge is 0.267 e. The van der Waals surface area contributed by atoms with Gasteiger partial charge >= 0.3 is 0 Å². The summed E-state index contributed by atoms with van der Waals surface area (Å²) in [5.41, 5.74) is 1.03. The third-order valence-electron chi connectivity index (χ3n) is 4.18. The van der Waals surface area contributed by atoms with Crippen LogP contribution in [0.25, 0.3) is 5.57 Å². The lowest BCUT2D eigenvalue weighted by molar-refractivity contribution is -0.136. The van der Waals surface area contributed by atoms with E-state index in [1.54, 1.807) is 37.6 Å². The number of imide groups is 1. The summed E-state index contributed by atoms with van der Waals surface area (Å²) in [7, 11) is 3.09. The van der Waals surface area contributed by atoms with Crippen molar-refractivity contribution in [2.45, 2.75) is 19.1 Å². The zero-order valence-corrected chi connectivity index (χ0v) is 16.3. The Morgan fingerprint density at radius 2 is 1.85 bits per heavy atom. The van der Waals surface area contributed by atoms with Crippen LogP contribution in [0.3, 0.4) is 0 Å². The van der Waals surface area contributed by atoms with Gasteiger partial charge in [0.2, 0.25) is 0 Å². The highest BCUT2D eigenvalue weighted by Gasteiger charge is 2.39. The Bertz CT molecular complexity index is 873. The van der Waals surface area contributed by atoms with Crippen molar-refractivity contribution in [3.63, 3.8) is 0 Å². The number of thioether (sulfide) groups is 1. The van der Waals surface area contributed by atoms with E-state index >= 15 is 0 Å². The monoisotopic (exact) mass is 387 g/mol. The summed E-state index contributed by atoms with van der Waals surface area (Å²) in [6.45, 7) is 2.32. The molecule has 3 rings (SSSR count). The van der Waals surface area contributed by atoms with Crippen LogP contribution >= 0.6 is 11.8 Å². The zero-order valence-electron chi connectivity index (χ0n) is 15.5. The second-order valence-corrected chi connectivity index (χ2v) is 6.89. The molecule has 0 fully saturated rings. The fourth-order valence-corrected chi connectivity index (χ4v) is 3.93. The number of carbonyl (C=O) groups excluding carboxylic acids is 2. The molecule has 2 aromatic rings. The first-order valence-electron chi connectivity index (χ1n) is 8.58. The number of methoxy groups -OCH3 is 2. The highest BCUT2D eigenvalue weighted by atomic mass is 32.2. The van der Waals surface area contributed by atoms with Gasteiger partial charge in [0.25, 0.3) is 11.8 Å². The minimum absolute atomic E-state index is 0.261. The highest BCUT2D eigenvalue weighted by molar-refractivity contribution is 8.03. The predicted molar refractivity (Wildman–Crippen MR) is 103 cm³/mol. The van der Waals surface area contributed by atoms with Crippen molar-refractivity contribution >= 4 is 29.1 Å². The van der Waals surface area contributed by atoms with Crippen molar-refractivity contribution in [1.82, 2.24) is 4.90 Å². The molecule has 1 aromatic heterocycles. The normalized spacial score (nSPS) is 14.3. The van der Waals surface area contributed by atoms with Crippen molar-refractivity contribution in [3.8, 4) is 11.5 Å². The molecular formula is C20H21NO5S. The molecule has 142 valence electrons. The summed E-state index contributed by atoms with van der Waals surface area (Å²) in [6.07, 6.45) is 2.29. The van der Waals surface area contributed by atoms with Gasteiger partial charge in [-0.05, 0) is 36.2 Å². The van der Waals surface area contributed by atoms with Gasteiger partial charge in [-0.2, -0.15) is 0 Å². The average Bonchev–Trinajstić information content (AvgIpc) is 3.28. The molecule has 0 atom stereocenters. The van der Waals surface area contributed by atoms with Gasteiger partial charge in [-0.15, -0.1) is 11.8 Å². The lowest BCUT2D eigenvalue weighted by Crippen LogP contribution is -2.32. The molecule has 1 aromatic carbocycles. The van der Waals surface area contributed by atoms with E-state index < -0.39 is 0 Å². The number of benzene rings is 1. The molecule has 0 saturated heterocycles. The minimum Gasteiger partial charge on any atom is -0.493 e. The van der Waals surface area contributed by atoms with Crippen LogP contribution in [0.4, 0.5) is 0 Å². The summed E-state index contributed by atoms with van der Waals surface area (Å²) < 4.78 is 16.0. The Morgan fingerprint density at radius 1 is 1.07 bits per heavy atom. The van der Waals surface area contributed by atoms with Crippen LogP contribution in [0.5, 0.6) is 11.5 Å². The Labute approximate surface area is 162 Å². The van der Waals surface area contributed by atoms with E-state index in [4.69, 9.17) is 13.9 Å². The van der Waals surface area contributed by atoms with Crippen LogP contribution in [0.15, 0.2) is 45.9 Å². The zero-order chi connectivity index (χ0) is 19.4. The minimum atomic E-state index is -0.281. The molecule has 0 unspecified atom stereocenters. The maximum absolute atomic E-state index is 13.0. The van der Waals surface area contributed by atoms with E-state index in [1.165, 1.54) is 23.8 Å². The Balaban J connectivity index is 2.02. The number of carbonyl (C=O) groups is 2. The first-order chi connectivity index (χ1) is 13.1. The Hall–Kier alpha value is -2.67. The number of amides is 2. The molecule has 0 aliphatic carbocycles. The topological polar surface area (TPSA) is 69.0 Å². The third-order valence-corrected chi connectivity index (χ3v) is 5.28. The van der Waals surface area contributed by atoms with Gasteiger partial charge in [-0.3, -0.25) is 14.5 Å². The van der Waals surface area contributed by atoms with E-state index in [9.17, 15) is 9.59 Å². The molecule has 27 heavy (non-hydrogen) atoms. The maximum atomic E-state index is 13.0. The summed E-state index contributed by atoms with van der Waals surface area (Å²) in [5, 5.41) is 0. The summed E-state index contributed by atoms with van der Waals surface area (Å²) >= 11 is 1.31. The summed E-state index contributed by atoms with van der Waals surface area (Å²) in [4.78, 5) is 27.6. The lowest BCUT2D eigenvalue weighted by Gasteiger charge is -2.14. The van der Waals surface area contributed by atoms with Gasteiger partial charge in [-0.1, -0.05) is 13.0 Å². The highest BCUT2D eigenvalue weighted by Crippen LogP contribution is 2.40. The fourth-order valence-electron chi connectivity index (χ4n) is 2.90. The second kappa shape index (κ2) is 8.35. The molecule has 0 spiro atoms. The number of hydrogen-bond donors (Lipinski definition) is 0. The van der Waals surface area contributed by atoms with Crippen LogP contribution < -0.4 is 9.47 Å². The van der Waals surface area contributed by atoms with Gasteiger partial charge < -0.3 is 13.9 Å². The third kappa shape index (κ3) is 3.73. The van der Waals surface area contributed by atoms with Crippen molar-refractivity contribution in [3.05, 3.63) is 52.8 Å². The summed E-state index contributed by atoms with van der Waals surface area (Å²) in [6, 6.07) is 8.86. The largest absolute Gasteiger partial charge is 0.493 e. The van der Waals surface area contributed by atoms with Crippen molar-refractivity contribution < 1.29 is 23.5 Å². The molecule has 0 N–H and O–H groups in total. The maximum Gasteiger partial charge on any atom is 0.267 e. The van der Waals surface area contributed by atoms with Crippen molar-refractivity contribution in [1.29, 1.82) is 0 Å². The first kappa shape index (κ1) is 19.1. The number of rotatable bonds is 8. The quantitative estimate of drug-likeness (QED) is 0.643. The standard InChI is InChI=1S/C20H21NO5S/c1-4-9-21-19(22)17(13-7-8-15(24-2)16(11-13)25-3)18(20(21)23)27-12-14-6-5-10-26-14/h5-8,10-11H,4,9,12H2,1-3H3. The molecule has 7 heteroatoms. The molecule has 1 aliphatic rings. The number of furan rings is 1. The number of hydrogen-bond acceptors (Lipinski definition) is 6. The lowest BCUT2D eigenvalue weighted by atomic mass is 10.1. The molecule has 0 saturated carbocycles. The van der Waals surface area contributed by atoms with E-state index in [-0.39, 0.29) is 11.8 Å². The molecule has 6 nitrogen and oxygen atoms in total. The van der Waals surface area contributed by atoms with Crippen molar-refractivity contribution in [2.75, 3.05) is 20.8 Å². The Kier molecular flexibility index (Phi) is 5.91. The molecule has 2 heterocycles. The van der Waals surface area contributed by atoms with Gasteiger partial charge in [-0.25, -0.2) is 0 Å². The fraction of sp³-hybridized carbons (Fsp3) is 0.300. The molecule has 1 aliphatic heterocycles. The van der Waals surface area contributed by atoms with Crippen LogP contribution in [-0.4, -0.2) is 37.5 Å². The van der Waals surface area contributed by atoms with Crippen LogP contribution in [-0.2, 0) is 15.3 Å². The van der Waals surface area contributed by atoms with Crippen LogP contribution in [0, 0.1) is 0 Å². The number of nitrogens with zero attached hydrogens (tertiary/aromatic N) is 1. The average molecular weight is 387 g/mol. The van der Waals surface area contributed by atoms with Crippen LogP contribution in [0.2, 0.25) is 0 Å². The van der Waals surface area contributed by atoms with Gasteiger partial charge in [0.05, 0.1) is 36.7 Å². The van der Waals surface area contributed by atoms with Gasteiger partial charge in [0, 0.05) is 6.54 Å². The molecule has 0 radical (unpaired) electrons. The molecule has 0 bridgehead atoms. The molecular weight excluding hydrogens is 366 g/mol. The van der Waals surface area contributed by atoms with Crippen LogP contribution in [0.1, 0.15) is 24.7 Å². The second-order valence-electron chi connectivity index (χ2n) is 5.90. The predicted octanol–water partition coefficient (Wildman–Crippen LogP) is 3.72. The van der Waals surface area contributed by atoms with E-state index in [1.807, 2.05) is 13.0 Å². The van der Waals surface area contributed by atoms with E-state index in [0.717, 1.165) is 5.76 Å². The van der Waals surface area contributed by atoms with Crippen molar-refractivity contribution in [2.24, 2.45) is 0 Å². The number of ether oxygens (including phenoxy) is 2. The SMILES string of the molecule is CCCN1C(=O)C(SCc2ccco2)=C(c2ccc(OC)c(OC)c2)C1=O. The van der Waals surface area contributed by atoms with Gasteiger partial charge in [0.1, 0.15) is 5.76 Å². The Morgan fingerprint density at radius 3 is 2.48 bits per heavy atom. The first-order valence-corrected chi connectivity index (χ1v) is 9.57.